The van der Waals surface area contributed by atoms with Gasteiger partial charge in [0.25, 0.3) is 0 Å². The van der Waals surface area contributed by atoms with Gasteiger partial charge in [-0.15, -0.1) is 17.9 Å². The number of thiophene rings is 1. The van der Waals surface area contributed by atoms with E-state index in [1.807, 2.05) is 0 Å². The van der Waals surface area contributed by atoms with Gasteiger partial charge in [-0.25, -0.2) is 17.9 Å². The quantitative estimate of drug-likeness (QED) is 0.773. The van der Waals surface area contributed by atoms with Crippen molar-refractivity contribution in [3.05, 3.63) is 28.5 Å². The van der Waals surface area contributed by atoms with Crippen LogP contribution in [0, 0.1) is 12.8 Å². The molecule has 2 rings (SSSR count). The summed E-state index contributed by atoms with van der Waals surface area (Å²) < 4.78 is 32.5. The first-order chi connectivity index (χ1) is 9.85. The van der Waals surface area contributed by atoms with E-state index in [2.05, 4.69) is 11.3 Å². The fourth-order valence-corrected chi connectivity index (χ4v) is 4.79. The first kappa shape index (κ1) is 16.2. The molecule has 1 aromatic rings. The molecule has 1 fully saturated rings. The van der Waals surface area contributed by atoms with Crippen molar-refractivity contribution in [2.45, 2.75) is 24.3 Å². The van der Waals surface area contributed by atoms with Crippen molar-refractivity contribution in [2.75, 3.05) is 13.2 Å². The van der Waals surface area contributed by atoms with Crippen molar-refractivity contribution >= 4 is 27.3 Å². The number of ether oxygens (including phenoxy) is 1. The first-order valence-electron chi connectivity index (χ1n) is 6.42. The second kappa shape index (κ2) is 6.27. The summed E-state index contributed by atoms with van der Waals surface area (Å²) in [6, 6.07) is 1.20. The molecule has 1 aromatic heterocycles. The van der Waals surface area contributed by atoms with E-state index >= 15 is 0 Å². The minimum Gasteiger partial charge on any atom is -0.477 e. The van der Waals surface area contributed by atoms with Crippen LogP contribution in [-0.2, 0) is 14.8 Å². The minimum atomic E-state index is -3.72. The van der Waals surface area contributed by atoms with Crippen molar-refractivity contribution in [3.8, 4) is 0 Å². The zero-order valence-corrected chi connectivity index (χ0v) is 13.2. The third-order valence-corrected chi connectivity index (χ3v) is 6.12. The third kappa shape index (κ3) is 3.52. The topological polar surface area (TPSA) is 92.7 Å². The zero-order chi connectivity index (χ0) is 15.6. The van der Waals surface area contributed by atoms with Gasteiger partial charge in [-0.1, -0.05) is 6.08 Å². The number of aryl methyl sites for hydroxylation is 1. The van der Waals surface area contributed by atoms with Crippen LogP contribution >= 0.6 is 11.3 Å². The largest absolute Gasteiger partial charge is 0.477 e. The summed E-state index contributed by atoms with van der Waals surface area (Å²) in [5.74, 6) is -1.07. The summed E-state index contributed by atoms with van der Waals surface area (Å²) in [6.07, 6.45) is 2.29. The standard InChI is InChI=1S/C13H17NO5S2/c1-3-10-9(4-5-19-10)7-14-21(17,18)12-6-11(13(15)16)20-8(12)2/h3,6,9-10,14H,1,4-5,7H2,2H3,(H,15,16)/t9-,10-/m0/s1. The maximum Gasteiger partial charge on any atom is 0.345 e. The van der Waals surface area contributed by atoms with Crippen LogP contribution in [0.5, 0.6) is 0 Å². The second-order valence-electron chi connectivity index (χ2n) is 4.81. The van der Waals surface area contributed by atoms with Crippen molar-refractivity contribution in [1.29, 1.82) is 0 Å². The van der Waals surface area contributed by atoms with Gasteiger partial charge in [0.15, 0.2) is 0 Å². The van der Waals surface area contributed by atoms with Crippen molar-refractivity contribution in [1.82, 2.24) is 4.72 Å². The molecule has 8 heteroatoms. The normalized spacial score (nSPS) is 22.3. The molecule has 0 amide bonds. The van der Waals surface area contributed by atoms with Gasteiger partial charge in [0.05, 0.1) is 11.0 Å². The third-order valence-electron chi connectivity index (χ3n) is 3.40. The lowest BCUT2D eigenvalue weighted by atomic mass is 10.0. The number of carboxylic acids is 1. The summed E-state index contributed by atoms with van der Waals surface area (Å²) in [5, 5.41) is 8.93. The van der Waals surface area contributed by atoms with Crippen LogP contribution in [-0.4, -0.2) is 38.7 Å². The fraction of sp³-hybridized carbons (Fsp3) is 0.462. The van der Waals surface area contributed by atoms with Gasteiger partial charge in [-0.3, -0.25) is 0 Å². The molecule has 0 aromatic carbocycles. The van der Waals surface area contributed by atoms with Gasteiger partial charge in [0.2, 0.25) is 10.0 Å². The number of nitrogens with one attached hydrogen (secondary N) is 1. The predicted octanol–water partition coefficient (Wildman–Crippen LogP) is 1.62. The lowest BCUT2D eigenvalue weighted by molar-refractivity contribution is 0.0702. The molecule has 0 unspecified atom stereocenters. The lowest BCUT2D eigenvalue weighted by Gasteiger charge is -2.15. The zero-order valence-electron chi connectivity index (χ0n) is 11.5. The van der Waals surface area contributed by atoms with Gasteiger partial charge in [0, 0.05) is 23.9 Å². The van der Waals surface area contributed by atoms with E-state index in [0.29, 0.717) is 11.5 Å². The first-order valence-corrected chi connectivity index (χ1v) is 8.72. The molecule has 1 saturated heterocycles. The van der Waals surface area contributed by atoms with E-state index < -0.39 is 16.0 Å². The van der Waals surface area contributed by atoms with Crippen LogP contribution in [0.2, 0.25) is 0 Å². The number of hydrogen-bond donors (Lipinski definition) is 2. The number of sulfonamides is 1. The van der Waals surface area contributed by atoms with Crippen LogP contribution in [0.4, 0.5) is 0 Å². The number of rotatable bonds is 6. The molecule has 2 heterocycles. The number of carbonyl (C=O) groups is 1. The van der Waals surface area contributed by atoms with Crippen LogP contribution < -0.4 is 4.72 Å². The Hall–Kier alpha value is -1.22. The monoisotopic (exact) mass is 331 g/mol. The highest BCUT2D eigenvalue weighted by Crippen LogP contribution is 2.26. The SMILES string of the molecule is C=C[C@@H]1OCC[C@H]1CNS(=O)(=O)c1cc(C(=O)O)sc1C. The van der Waals surface area contributed by atoms with Crippen LogP contribution in [0.1, 0.15) is 21.0 Å². The molecular formula is C13H17NO5S2. The summed E-state index contributed by atoms with van der Waals surface area (Å²) in [5.41, 5.74) is 0. The molecule has 21 heavy (non-hydrogen) atoms. The van der Waals surface area contributed by atoms with Crippen LogP contribution in [0.25, 0.3) is 0 Å². The molecule has 1 aliphatic heterocycles. The lowest BCUT2D eigenvalue weighted by Crippen LogP contribution is -2.32. The van der Waals surface area contributed by atoms with E-state index in [9.17, 15) is 13.2 Å². The second-order valence-corrected chi connectivity index (χ2v) is 7.80. The molecular weight excluding hydrogens is 314 g/mol. The molecule has 0 radical (unpaired) electrons. The summed E-state index contributed by atoms with van der Waals surface area (Å²) in [4.78, 5) is 11.4. The number of aromatic carboxylic acids is 1. The van der Waals surface area contributed by atoms with Gasteiger partial charge in [-0.05, 0) is 19.4 Å². The van der Waals surface area contributed by atoms with E-state index in [4.69, 9.17) is 9.84 Å². The maximum atomic E-state index is 12.3. The Morgan fingerprint density at radius 3 is 2.95 bits per heavy atom. The Balaban J connectivity index is 2.11. The molecule has 0 saturated carbocycles. The Bertz CT molecular complexity index is 650. The summed E-state index contributed by atoms with van der Waals surface area (Å²) in [7, 11) is -3.72. The minimum absolute atomic E-state index is 0.0149. The van der Waals surface area contributed by atoms with E-state index in [1.54, 1.807) is 13.0 Å². The molecule has 2 N–H and O–H groups in total. The predicted molar refractivity (Wildman–Crippen MR) is 79.2 cm³/mol. The van der Waals surface area contributed by atoms with Gasteiger partial charge in [0.1, 0.15) is 4.88 Å². The van der Waals surface area contributed by atoms with E-state index in [0.717, 1.165) is 17.8 Å². The fourth-order valence-electron chi connectivity index (χ4n) is 2.27. The number of hydrogen-bond acceptors (Lipinski definition) is 5. The van der Waals surface area contributed by atoms with E-state index in [1.165, 1.54) is 6.07 Å². The highest BCUT2D eigenvalue weighted by Gasteiger charge is 2.28. The molecule has 1 aliphatic rings. The van der Waals surface area contributed by atoms with Crippen molar-refractivity contribution < 1.29 is 23.1 Å². The number of carboxylic acid groups (broad SMARTS) is 1. The van der Waals surface area contributed by atoms with Gasteiger partial charge in [-0.2, -0.15) is 0 Å². The highest BCUT2D eigenvalue weighted by atomic mass is 32.2. The Kier molecular flexibility index (Phi) is 4.82. The molecule has 0 spiro atoms. The van der Waals surface area contributed by atoms with Crippen molar-refractivity contribution in [2.24, 2.45) is 5.92 Å². The Morgan fingerprint density at radius 2 is 2.38 bits per heavy atom. The Labute approximate surface area is 127 Å². The average Bonchev–Trinajstić information content (AvgIpc) is 3.02. The molecule has 0 aliphatic carbocycles. The molecule has 116 valence electrons. The average molecular weight is 331 g/mol. The van der Waals surface area contributed by atoms with Crippen LogP contribution in [0.15, 0.2) is 23.6 Å². The van der Waals surface area contributed by atoms with Crippen LogP contribution in [0.3, 0.4) is 0 Å². The molecule has 0 bridgehead atoms. The Morgan fingerprint density at radius 1 is 1.67 bits per heavy atom. The van der Waals surface area contributed by atoms with E-state index in [-0.39, 0.29) is 28.3 Å². The van der Waals surface area contributed by atoms with Gasteiger partial charge >= 0.3 is 5.97 Å². The highest BCUT2D eigenvalue weighted by molar-refractivity contribution is 7.89. The molecule has 6 nitrogen and oxygen atoms in total. The summed E-state index contributed by atoms with van der Waals surface area (Å²) >= 11 is 0.953. The summed E-state index contributed by atoms with van der Waals surface area (Å²) in [6.45, 7) is 6.09. The van der Waals surface area contributed by atoms with Gasteiger partial charge < -0.3 is 9.84 Å². The molecule has 2 atom stereocenters. The van der Waals surface area contributed by atoms with Crippen molar-refractivity contribution in [3.63, 3.8) is 0 Å². The smallest absolute Gasteiger partial charge is 0.345 e. The maximum absolute atomic E-state index is 12.3.